The molecule has 0 spiro atoms. The highest BCUT2D eigenvalue weighted by atomic mass is 79.9. The van der Waals surface area contributed by atoms with Gasteiger partial charge in [-0.1, -0.05) is 18.3 Å². The van der Waals surface area contributed by atoms with Gasteiger partial charge in [-0.25, -0.2) is 0 Å². The predicted molar refractivity (Wildman–Crippen MR) is 82.1 cm³/mol. The first-order valence-corrected chi connectivity index (χ1v) is 7.28. The quantitative estimate of drug-likeness (QED) is 0.596. The van der Waals surface area contributed by atoms with Gasteiger partial charge in [-0.3, -0.25) is 0 Å². The Kier molecular flexibility index (Phi) is 4.97. The molecule has 0 unspecified atom stereocenters. The second-order valence-corrected chi connectivity index (χ2v) is 5.77. The Hall–Kier alpha value is -0.650. The van der Waals surface area contributed by atoms with E-state index < -0.39 is 0 Å². The van der Waals surface area contributed by atoms with Crippen LogP contribution in [0.15, 0.2) is 22.7 Å². The highest BCUT2D eigenvalue weighted by Crippen LogP contribution is 2.28. The zero-order chi connectivity index (χ0) is 13.0. The number of hydrogen-bond acceptors (Lipinski definition) is 3. The number of anilines is 1. The Balaban J connectivity index is 1.83. The van der Waals surface area contributed by atoms with Gasteiger partial charge in [0, 0.05) is 28.9 Å². The monoisotopic (exact) mass is 328 g/mol. The summed E-state index contributed by atoms with van der Waals surface area (Å²) < 4.78 is 6.49. The van der Waals surface area contributed by atoms with E-state index in [2.05, 4.69) is 21.2 Å². The lowest BCUT2D eigenvalue weighted by molar-refractivity contribution is 0.134. The van der Waals surface area contributed by atoms with E-state index in [1.807, 2.05) is 18.2 Å². The Morgan fingerprint density at radius 1 is 1.50 bits per heavy atom. The molecule has 1 fully saturated rings. The third-order valence-corrected chi connectivity index (χ3v) is 3.74. The maximum atomic E-state index is 5.72. The zero-order valence-electron chi connectivity index (χ0n) is 10.1. The van der Waals surface area contributed by atoms with Crippen LogP contribution in [0.4, 0.5) is 5.69 Å². The fourth-order valence-electron chi connectivity index (χ4n) is 1.71. The first kappa shape index (κ1) is 13.8. The molecule has 0 radical (unpaired) electrons. The van der Waals surface area contributed by atoms with Crippen molar-refractivity contribution in [3.05, 3.63) is 28.2 Å². The van der Waals surface area contributed by atoms with E-state index in [1.165, 1.54) is 12.8 Å². The van der Waals surface area contributed by atoms with Crippen LogP contribution in [0.5, 0.6) is 0 Å². The summed E-state index contributed by atoms with van der Waals surface area (Å²) in [6, 6.07) is 5.86. The lowest BCUT2D eigenvalue weighted by atomic mass is 10.2. The van der Waals surface area contributed by atoms with Crippen molar-refractivity contribution >= 4 is 38.8 Å². The number of ether oxygens (including phenoxy) is 1. The molecular formula is C13H17BrN2OS. The van der Waals surface area contributed by atoms with Crippen molar-refractivity contribution in [2.75, 3.05) is 25.1 Å². The molecule has 0 bridgehead atoms. The van der Waals surface area contributed by atoms with Gasteiger partial charge in [0.15, 0.2) is 0 Å². The van der Waals surface area contributed by atoms with Gasteiger partial charge in [-0.2, -0.15) is 0 Å². The molecule has 1 aliphatic rings. The predicted octanol–water partition coefficient (Wildman–Crippen LogP) is 2.92. The van der Waals surface area contributed by atoms with Gasteiger partial charge in [0.25, 0.3) is 0 Å². The van der Waals surface area contributed by atoms with E-state index in [0.717, 1.165) is 34.8 Å². The van der Waals surface area contributed by atoms with Crippen molar-refractivity contribution in [2.24, 2.45) is 11.7 Å². The van der Waals surface area contributed by atoms with Crippen LogP contribution in [-0.4, -0.2) is 24.7 Å². The Labute approximate surface area is 121 Å². The molecular weight excluding hydrogens is 312 g/mol. The molecule has 0 aliphatic heterocycles. The normalized spacial score (nSPS) is 14.5. The molecule has 3 N–H and O–H groups in total. The van der Waals surface area contributed by atoms with Gasteiger partial charge < -0.3 is 15.8 Å². The summed E-state index contributed by atoms with van der Waals surface area (Å²) >= 11 is 8.52. The minimum absolute atomic E-state index is 0.392. The third kappa shape index (κ3) is 3.93. The molecule has 18 heavy (non-hydrogen) atoms. The van der Waals surface area contributed by atoms with Gasteiger partial charge in [0.05, 0.1) is 6.61 Å². The average Bonchev–Trinajstić information content (AvgIpc) is 3.12. The van der Waals surface area contributed by atoms with Crippen LogP contribution in [0.1, 0.15) is 18.4 Å². The van der Waals surface area contributed by atoms with Gasteiger partial charge in [-0.05, 0) is 46.8 Å². The van der Waals surface area contributed by atoms with Crippen molar-refractivity contribution in [3.63, 3.8) is 0 Å². The fourth-order valence-corrected chi connectivity index (χ4v) is 2.65. The molecule has 1 aromatic rings. The van der Waals surface area contributed by atoms with E-state index in [9.17, 15) is 0 Å². The van der Waals surface area contributed by atoms with Crippen molar-refractivity contribution in [1.82, 2.24) is 0 Å². The minimum atomic E-state index is 0.392. The molecule has 1 aromatic carbocycles. The number of nitrogens with one attached hydrogen (secondary N) is 1. The summed E-state index contributed by atoms with van der Waals surface area (Å²) in [5, 5.41) is 3.31. The SMILES string of the molecule is NC(=S)c1c(Br)cccc1NCCOCC1CC1. The van der Waals surface area contributed by atoms with Crippen molar-refractivity contribution in [2.45, 2.75) is 12.8 Å². The van der Waals surface area contributed by atoms with Crippen molar-refractivity contribution in [1.29, 1.82) is 0 Å². The van der Waals surface area contributed by atoms with Gasteiger partial charge in [0.2, 0.25) is 0 Å². The van der Waals surface area contributed by atoms with E-state index in [-0.39, 0.29) is 0 Å². The molecule has 98 valence electrons. The van der Waals surface area contributed by atoms with Crippen LogP contribution >= 0.6 is 28.1 Å². The first-order chi connectivity index (χ1) is 8.68. The van der Waals surface area contributed by atoms with E-state index >= 15 is 0 Å². The van der Waals surface area contributed by atoms with Crippen molar-refractivity contribution in [3.8, 4) is 0 Å². The number of halogens is 1. The Morgan fingerprint density at radius 3 is 2.94 bits per heavy atom. The lowest BCUT2D eigenvalue weighted by Gasteiger charge is -2.12. The van der Waals surface area contributed by atoms with Crippen LogP contribution in [0.2, 0.25) is 0 Å². The number of nitrogens with two attached hydrogens (primary N) is 1. The van der Waals surface area contributed by atoms with E-state index in [4.69, 9.17) is 22.7 Å². The molecule has 0 atom stereocenters. The maximum absolute atomic E-state index is 5.72. The first-order valence-electron chi connectivity index (χ1n) is 6.08. The van der Waals surface area contributed by atoms with Crippen LogP contribution in [0.3, 0.4) is 0 Å². The second-order valence-electron chi connectivity index (χ2n) is 4.47. The van der Waals surface area contributed by atoms with Gasteiger partial charge in [0.1, 0.15) is 4.99 Å². The average molecular weight is 329 g/mol. The van der Waals surface area contributed by atoms with E-state index in [1.54, 1.807) is 0 Å². The van der Waals surface area contributed by atoms with Gasteiger partial charge in [-0.15, -0.1) is 0 Å². The molecule has 0 amide bonds. The van der Waals surface area contributed by atoms with Crippen LogP contribution in [0, 0.1) is 5.92 Å². The highest BCUT2D eigenvalue weighted by molar-refractivity contribution is 9.10. The van der Waals surface area contributed by atoms with Crippen LogP contribution in [0.25, 0.3) is 0 Å². The number of hydrogen-bond donors (Lipinski definition) is 2. The largest absolute Gasteiger partial charge is 0.389 e. The third-order valence-electron chi connectivity index (χ3n) is 2.87. The van der Waals surface area contributed by atoms with Crippen molar-refractivity contribution < 1.29 is 4.74 Å². The standard InChI is InChI=1S/C13H17BrN2OS/c14-10-2-1-3-11(12(10)13(15)18)16-6-7-17-8-9-4-5-9/h1-3,9,16H,4-8H2,(H2,15,18). The Morgan fingerprint density at radius 2 is 2.28 bits per heavy atom. The summed E-state index contributed by atoms with van der Waals surface area (Å²) in [7, 11) is 0. The Bertz CT molecular complexity index is 435. The summed E-state index contributed by atoms with van der Waals surface area (Å²) in [5.41, 5.74) is 7.53. The number of benzene rings is 1. The maximum Gasteiger partial charge on any atom is 0.107 e. The number of thiocarbonyl (C=S) groups is 1. The van der Waals surface area contributed by atoms with Crippen LogP contribution < -0.4 is 11.1 Å². The van der Waals surface area contributed by atoms with E-state index in [0.29, 0.717) is 11.6 Å². The highest BCUT2D eigenvalue weighted by Gasteiger charge is 2.20. The summed E-state index contributed by atoms with van der Waals surface area (Å²) in [6.07, 6.45) is 2.65. The molecule has 1 saturated carbocycles. The molecule has 3 nitrogen and oxygen atoms in total. The summed E-state index contributed by atoms with van der Waals surface area (Å²) in [5.74, 6) is 0.808. The second kappa shape index (κ2) is 6.50. The molecule has 5 heteroatoms. The molecule has 0 heterocycles. The van der Waals surface area contributed by atoms with Crippen LogP contribution in [-0.2, 0) is 4.74 Å². The van der Waals surface area contributed by atoms with Gasteiger partial charge >= 0.3 is 0 Å². The zero-order valence-corrected chi connectivity index (χ0v) is 12.5. The fraction of sp³-hybridized carbons (Fsp3) is 0.462. The molecule has 1 aliphatic carbocycles. The summed E-state index contributed by atoms with van der Waals surface area (Å²) in [6.45, 7) is 2.36. The molecule has 0 saturated heterocycles. The minimum Gasteiger partial charge on any atom is -0.389 e. The lowest BCUT2D eigenvalue weighted by Crippen LogP contribution is -2.16. The number of rotatable bonds is 7. The molecule has 2 rings (SSSR count). The topological polar surface area (TPSA) is 47.3 Å². The molecule has 0 aromatic heterocycles. The summed E-state index contributed by atoms with van der Waals surface area (Å²) in [4.78, 5) is 0.392. The smallest absolute Gasteiger partial charge is 0.107 e.